The van der Waals surface area contributed by atoms with Crippen molar-refractivity contribution in [1.29, 1.82) is 0 Å². The highest BCUT2D eigenvalue weighted by molar-refractivity contribution is 6.09. The van der Waals surface area contributed by atoms with Crippen LogP contribution in [-0.4, -0.2) is 9.13 Å². The van der Waals surface area contributed by atoms with E-state index in [9.17, 15) is 0 Å². The lowest BCUT2D eigenvalue weighted by molar-refractivity contribution is 0.822. The van der Waals surface area contributed by atoms with Gasteiger partial charge in [-0.2, -0.15) is 0 Å². The van der Waals surface area contributed by atoms with Crippen LogP contribution < -0.4 is 0 Å². The van der Waals surface area contributed by atoms with E-state index < -0.39 is 0 Å². The van der Waals surface area contributed by atoms with E-state index in [0.29, 0.717) is 0 Å². The lowest BCUT2D eigenvalue weighted by atomic mass is 10.1. The average Bonchev–Trinajstić information content (AvgIpc) is 3.57. The van der Waals surface area contributed by atoms with E-state index in [0.717, 1.165) is 19.5 Å². The number of hydrogen-bond donors (Lipinski definition) is 0. The van der Waals surface area contributed by atoms with Crippen LogP contribution in [0.25, 0.3) is 43.6 Å². The van der Waals surface area contributed by atoms with Crippen LogP contribution in [0.3, 0.4) is 0 Å². The Morgan fingerprint density at radius 2 is 0.721 bits per heavy atom. The lowest BCUT2D eigenvalue weighted by Gasteiger charge is -2.06. The maximum absolute atomic E-state index is 2.43. The van der Waals surface area contributed by atoms with E-state index in [1.165, 1.54) is 49.2 Å². The number of rotatable bonds is 3. The first kappa shape index (κ1) is 43.9. The summed E-state index contributed by atoms with van der Waals surface area (Å²) in [5.41, 5.74) is 6.88. The van der Waals surface area contributed by atoms with Gasteiger partial charge in [0.15, 0.2) is 0 Å². The van der Waals surface area contributed by atoms with Crippen molar-refractivity contribution in [3.05, 3.63) is 96.6 Å². The minimum atomic E-state index is 0. The molecule has 2 heterocycles. The van der Waals surface area contributed by atoms with Gasteiger partial charge in [0.05, 0.1) is 5.52 Å². The molecule has 2 nitrogen and oxygen atoms in total. The van der Waals surface area contributed by atoms with Crippen LogP contribution >= 0.6 is 0 Å². The second-order valence-corrected chi connectivity index (χ2v) is 8.21. The van der Waals surface area contributed by atoms with Gasteiger partial charge in [-0.15, -0.1) is 0 Å². The van der Waals surface area contributed by atoms with E-state index in [4.69, 9.17) is 0 Å². The monoisotopic (exact) mass is 587 g/mol. The van der Waals surface area contributed by atoms with Crippen LogP contribution in [0, 0.1) is 0 Å². The van der Waals surface area contributed by atoms with Gasteiger partial charge in [-0.05, 0) is 44.0 Å². The molecule has 0 aliphatic rings. The molecule has 0 aliphatic carbocycles. The Kier molecular flexibility index (Phi) is 24.5. The standard InChI is InChI=1S/C16H17N.C14H13N.4C2H6.3CH4/c1-3-12-8-7-10-14-13-9-5-6-11-15(13)17(4-2)16(12)14;1-2-15-13-9-5-3-7-11(13)12-8-4-6-10-14(12)15;4*1-2;;;/h5-11H,3-4H2,1-2H3;3-10H,2H2,1H3;4*1-2H3;3*1H4. The summed E-state index contributed by atoms with van der Waals surface area (Å²) in [6.07, 6.45) is 1.09. The Bertz CT molecular complexity index is 1480. The van der Waals surface area contributed by atoms with Crippen LogP contribution in [0.5, 0.6) is 0 Å². The smallest absolute Gasteiger partial charge is 0.0523 e. The number of benzene rings is 4. The first-order valence-corrected chi connectivity index (χ1v) is 15.7. The first-order chi connectivity index (χ1) is 19.8. The van der Waals surface area contributed by atoms with E-state index in [1.807, 2.05) is 55.4 Å². The molecule has 0 aliphatic heterocycles. The van der Waals surface area contributed by atoms with Crippen LogP contribution in [0.4, 0.5) is 0 Å². The van der Waals surface area contributed by atoms with Gasteiger partial charge < -0.3 is 9.13 Å². The molecule has 0 spiro atoms. The summed E-state index contributed by atoms with van der Waals surface area (Å²) >= 11 is 0. The number of para-hydroxylation sites is 4. The summed E-state index contributed by atoms with van der Waals surface area (Å²) in [7, 11) is 0. The molecule has 0 amide bonds. The molecule has 0 bridgehead atoms. The van der Waals surface area contributed by atoms with Gasteiger partial charge >= 0.3 is 0 Å². The number of hydrogen-bond acceptors (Lipinski definition) is 0. The first-order valence-electron chi connectivity index (χ1n) is 15.7. The predicted octanol–water partition coefficient (Wildman–Crippen LogP) is 14.2. The molecule has 0 fully saturated rings. The zero-order chi connectivity index (χ0) is 30.1. The van der Waals surface area contributed by atoms with Gasteiger partial charge in [0.1, 0.15) is 0 Å². The van der Waals surface area contributed by atoms with Crippen molar-refractivity contribution in [2.75, 3.05) is 0 Å². The number of nitrogens with zero attached hydrogens (tertiary/aromatic N) is 2. The van der Waals surface area contributed by atoms with Gasteiger partial charge in [0.2, 0.25) is 0 Å². The maximum Gasteiger partial charge on any atom is 0.0523 e. The summed E-state index contributed by atoms with van der Waals surface area (Å²) in [6, 6.07) is 32.6. The summed E-state index contributed by atoms with van der Waals surface area (Å²) < 4.78 is 4.80. The van der Waals surface area contributed by atoms with Gasteiger partial charge in [0, 0.05) is 51.2 Å². The molecule has 240 valence electrons. The second-order valence-electron chi connectivity index (χ2n) is 8.21. The highest BCUT2D eigenvalue weighted by atomic mass is 15.0. The molecule has 0 N–H and O–H groups in total. The minimum Gasteiger partial charge on any atom is -0.341 e. The molecular weight excluding hydrogens is 520 g/mol. The number of fused-ring (bicyclic) bond motifs is 6. The largest absolute Gasteiger partial charge is 0.341 e. The summed E-state index contributed by atoms with van der Waals surface area (Å²) in [5.74, 6) is 0. The molecular formula is C41H66N2. The van der Waals surface area contributed by atoms with Crippen molar-refractivity contribution in [3.63, 3.8) is 0 Å². The van der Waals surface area contributed by atoms with Gasteiger partial charge in [0.25, 0.3) is 0 Å². The van der Waals surface area contributed by atoms with Gasteiger partial charge in [-0.3, -0.25) is 0 Å². The molecule has 4 aromatic carbocycles. The Morgan fingerprint density at radius 3 is 1.09 bits per heavy atom. The third-order valence-electron chi connectivity index (χ3n) is 6.57. The van der Waals surface area contributed by atoms with Crippen LogP contribution in [-0.2, 0) is 19.5 Å². The Labute approximate surface area is 266 Å². The zero-order valence-corrected chi connectivity index (χ0v) is 27.2. The number of aryl methyl sites for hydroxylation is 3. The second kappa shape index (κ2) is 24.0. The van der Waals surface area contributed by atoms with Crippen molar-refractivity contribution in [2.24, 2.45) is 0 Å². The topological polar surface area (TPSA) is 9.86 Å². The average molecular weight is 587 g/mol. The minimum absolute atomic E-state index is 0. The van der Waals surface area contributed by atoms with Crippen molar-refractivity contribution in [2.45, 2.75) is 118 Å². The maximum atomic E-state index is 2.43. The Hall–Kier alpha value is -3.52. The molecule has 6 aromatic rings. The fourth-order valence-corrected chi connectivity index (χ4v) is 5.14. The van der Waals surface area contributed by atoms with Crippen molar-refractivity contribution >= 4 is 43.6 Å². The van der Waals surface area contributed by atoms with E-state index in [-0.39, 0.29) is 22.3 Å². The molecule has 2 heteroatoms. The highest BCUT2D eigenvalue weighted by Gasteiger charge is 2.11. The quantitative estimate of drug-likeness (QED) is 0.195. The molecule has 0 saturated carbocycles. The normalized spacial score (nSPS) is 9.00. The lowest BCUT2D eigenvalue weighted by Crippen LogP contribution is -1.95. The van der Waals surface area contributed by atoms with Crippen LogP contribution in [0.1, 0.15) is 104 Å². The van der Waals surface area contributed by atoms with E-state index in [1.54, 1.807) is 0 Å². The Balaban J connectivity index is -0.000000574. The van der Waals surface area contributed by atoms with Crippen LogP contribution in [0.2, 0.25) is 0 Å². The highest BCUT2D eigenvalue weighted by Crippen LogP contribution is 2.31. The molecule has 43 heavy (non-hydrogen) atoms. The predicted molar refractivity (Wildman–Crippen MR) is 205 cm³/mol. The SMILES string of the molecule is C.C.C.CC.CC.CC.CC.CCc1cccc2c3ccccc3n(CC)c12.CCn1c2ccccc2c2ccccc21. The van der Waals surface area contributed by atoms with E-state index >= 15 is 0 Å². The summed E-state index contributed by atoms with van der Waals surface area (Å²) in [6.45, 7) is 24.7. The van der Waals surface area contributed by atoms with Crippen LogP contribution in [0.15, 0.2) is 91.0 Å². The third kappa shape index (κ3) is 9.48. The fraction of sp³-hybridized carbons (Fsp3) is 0.415. The van der Waals surface area contributed by atoms with Crippen molar-refractivity contribution in [3.8, 4) is 0 Å². The van der Waals surface area contributed by atoms with Gasteiger partial charge in [-0.1, -0.05) is 157 Å². The third-order valence-corrected chi connectivity index (χ3v) is 6.57. The molecule has 2 aromatic heterocycles. The number of aromatic nitrogens is 2. The van der Waals surface area contributed by atoms with Crippen molar-refractivity contribution in [1.82, 2.24) is 9.13 Å². The zero-order valence-electron chi connectivity index (χ0n) is 27.2. The molecule has 0 saturated heterocycles. The fourth-order valence-electron chi connectivity index (χ4n) is 5.14. The molecule has 0 atom stereocenters. The van der Waals surface area contributed by atoms with Crippen molar-refractivity contribution < 1.29 is 0 Å². The Morgan fingerprint density at radius 1 is 0.395 bits per heavy atom. The molecule has 6 rings (SSSR count). The summed E-state index contributed by atoms with van der Waals surface area (Å²) in [4.78, 5) is 0. The molecule has 0 radical (unpaired) electrons. The van der Waals surface area contributed by atoms with Gasteiger partial charge in [-0.25, -0.2) is 0 Å². The van der Waals surface area contributed by atoms with E-state index in [2.05, 4.69) is 121 Å². The summed E-state index contributed by atoms with van der Waals surface area (Å²) in [5, 5.41) is 5.48. The molecule has 0 unspecified atom stereocenters.